The van der Waals surface area contributed by atoms with E-state index in [-0.39, 0.29) is 5.54 Å². The Bertz CT molecular complexity index is 420. The summed E-state index contributed by atoms with van der Waals surface area (Å²) in [4.78, 5) is 2.59. The lowest BCUT2D eigenvalue weighted by molar-refractivity contribution is 0.0230. The average molecular weight is 290 g/mol. The van der Waals surface area contributed by atoms with Gasteiger partial charge in [0.2, 0.25) is 0 Å². The maximum Gasteiger partial charge on any atom is 0.0590 e. The van der Waals surface area contributed by atoms with Gasteiger partial charge in [0, 0.05) is 32.8 Å². The van der Waals surface area contributed by atoms with Gasteiger partial charge in [-0.1, -0.05) is 44.2 Å². The first-order valence-corrected chi connectivity index (χ1v) is 8.09. The Kier molecular flexibility index (Phi) is 5.80. The summed E-state index contributed by atoms with van der Waals surface area (Å²) in [5.74, 6) is 0.729. The van der Waals surface area contributed by atoms with Gasteiger partial charge in [0.25, 0.3) is 0 Å². The van der Waals surface area contributed by atoms with Gasteiger partial charge in [-0.05, 0) is 24.8 Å². The van der Waals surface area contributed by atoms with Crippen LogP contribution in [-0.2, 0) is 10.3 Å². The molecule has 0 radical (unpaired) electrons. The van der Waals surface area contributed by atoms with Gasteiger partial charge in [-0.25, -0.2) is 0 Å². The Morgan fingerprint density at radius 2 is 2.05 bits per heavy atom. The summed E-state index contributed by atoms with van der Waals surface area (Å²) >= 11 is 0. The van der Waals surface area contributed by atoms with E-state index in [1.807, 2.05) is 0 Å². The summed E-state index contributed by atoms with van der Waals surface area (Å²) < 4.78 is 5.33. The molecule has 118 valence electrons. The van der Waals surface area contributed by atoms with Gasteiger partial charge < -0.3 is 10.1 Å². The second-order valence-corrected chi connectivity index (χ2v) is 6.79. The number of ether oxygens (including phenoxy) is 1. The number of rotatable bonds is 6. The van der Waals surface area contributed by atoms with Crippen molar-refractivity contribution in [2.75, 3.05) is 33.4 Å². The second kappa shape index (κ2) is 7.39. The Hall–Kier alpha value is -0.900. The molecule has 1 fully saturated rings. The quantitative estimate of drug-likeness (QED) is 0.872. The Balaban J connectivity index is 2.15. The third kappa shape index (κ3) is 4.06. The van der Waals surface area contributed by atoms with E-state index in [0.29, 0.717) is 6.04 Å². The fourth-order valence-electron chi connectivity index (χ4n) is 3.34. The molecule has 0 saturated carbocycles. The van der Waals surface area contributed by atoms with Crippen LogP contribution in [0.15, 0.2) is 30.3 Å². The largest absolute Gasteiger partial charge is 0.383 e. The Morgan fingerprint density at radius 3 is 2.67 bits per heavy atom. The molecule has 0 amide bonds. The van der Waals surface area contributed by atoms with E-state index in [1.54, 1.807) is 7.11 Å². The molecule has 2 unspecified atom stereocenters. The molecule has 1 saturated heterocycles. The molecule has 2 rings (SSSR count). The van der Waals surface area contributed by atoms with E-state index in [4.69, 9.17) is 4.74 Å². The van der Waals surface area contributed by atoms with Crippen LogP contribution in [0.4, 0.5) is 0 Å². The molecule has 0 bridgehead atoms. The van der Waals surface area contributed by atoms with Crippen LogP contribution < -0.4 is 5.32 Å². The minimum absolute atomic E-state index is 0.0489. The van der Waals surface area contributed by atoms with Crippen molar-refractivity contribution in [3.05, 3.63) is 35.9 Å². The minimum Gasteiger partial charge on any atom is -0.383 e. The third-order valence-corrected chi connectivity index (χ3v) is 4.59. The SMILES string of the molecule is COCCN1CC(CC(C)C)NCC1(C)c1ccccc1. The first kappa shape index (κ1) is 16.5. The predicted octanol–water partition coefficient (Wildman–Crippen LogP) is 2.87. The lowest BCUT2D eigenvalue weighted by Gasteiger charge is -2.49. The highest BCUT2D eigenvalue weighted by atomic mass is 16.5. The third-order valence-electron chi connectivity index (χ3n) is 4.59. The van der Waals surface area contributed by atoms with E-state index in [9.17, 15) is 0 Å². The predicted molar refractivity (Wildman–Crippen MR) is 88.5 cm³/mol. The summed E-state index contributed by atoms with van der Waals surface area (Å²) in [7, 11) is 1.79. The summed E-state index contributed by atoms with van der Waals surface area (Å²) in [6.45, 7) is 10.8. The van der Waals surface area contributed by atoms with Crippen LogP contribution in [-0.4, -0.2) is 44.3 Å². The summed E-state index contributed by atoms with van der Waals surface area (Å²) in [6, 6.07) is 11.4. The summed E-state index contributed by atoms with van der Waals surface area (Å²) in [5, 5.41) is 3.76. The number of benzene rings is 1. The van der Waals surface area contributed by atoms with Crippen LogP contribution >= 0.6 is 0 Å². The number of piperazine rings is 1. The molecule has 0 spiro atoms. The molecule has 1 aliphatic heterocycles. The molecule has 1 aromatic rings. The molecular weight excluding hydrogens is 260 g/mol. The average Bonchev–Trinajstić information content (AvgIpc) is 2.48. The van der Waals surface area contributed by atoms with Crippen molar-refractivity contribution in [3.8, 4) is 0 Å². The number of nitrogens with zero attached hydrogens (tertiary/aromatic N) is 1. The molecule has 1 heterocycles. The van der Waals surface area contributed by atoms with Crippen molar-refractivity contribution in [1.82, 2.24) is 10.2 Å². The van der Waals surface area contributed by atoms with Gasteiger partial charge in [-0.2, -0.15) is 0 Å². The van der Waals surface area contributed by atoms with Crippen molar-refractivity contribution in [1.29, 1.82) is 0 Å². The van der Waals surface area contributed by atoms with Crippen LogP contribution in [0.2, 0.25) is 0 Å². The molecule has 0 aliphatic carbocycles. The zero-order valence-electron chi connectivity index (χ0n) is 13.9. The molecule has 3 nitrogen and oxygen atoms in total. The van der Waals surface area contributed by atoms with Crippen LogP contribution in [0, 0.1) is 5.92 Å². The molecule has 2 atom stereocenters. The maximum atomic E-state index is 5.33. The maximum absolute atomic E-state index is 5.33. The number of hydrogen-bond donors (Lipinski definition) is 1. The first-order valence-electron chi connectivity index (χ1n) is 8.09. The second-order valence-electron chi connectivity index (χ2n) is 6.79. The molecule has 0 aromatic heterocycles. The van der Waals surface area contributed by atoms with Gasteiger partial charge in [0.15, 0.2) is 0 Å². The lowest BCUT2D eigenvalue weighted by atomic mass is 9.86. The number of nitrogens with one attached hydrogen (secondary N) is 1. The van der Waals surface area contributed by atoms with Crippen molar-refractivity contribution in [3.63, 3.8) is 0 Å². The van der Waals surface area contributed by atoms with Crippen LogP contribution in [0.5, 0.6) is 0 Å². The molecule has 3 heteroatoms. The molecular formula is C18H30N2O. The highest BCUT2D eigenvalue weighted by Gasteiger charge is 2.38. The van der Waals surface area contributed by atoms with Crippen molar-refractivity contribution in [2.45, 2.75) is 38.8 Å². The van der Waals surface area contributed by atoms with E-state index in [0.717, 1.165) is 32.2 Å². The van der Waals surface area contributed by atoms with Gasteiger partial charge in [0.1, 0.15) is 0 Å². The van der Waals surface area contributed by atoms with Crippen molar-refractivity contribution in [2.24, 2.45) is 5.92 Å². The van der Waals surface area contributed by atoms with Crippen LogP contribution in [0.3, 0.4) is 0 Å². The van der Waals surface area contributed by atoms with E-state index in [2.05, 4.69) is 61.3 Å². The van der Waals surface area contributed by atoms with Crippen molar-refractivity contribution >= 4 is 0 Å². The molecule has 1 N–H and O–H groups in total. The number of hydrogen-bond acceptors (Lipinski definition) is 3. The smallest absolute Gasteiger partial charge is 0.0590 e. The number of methoxy groups -OCH3 is 1. The molecule has 1 aliphatic rings. The normalized spacial score (nSPS) is 27.2. The monoisotopic (exact) mass is 290 g/mol. The van der Waals surface area contributed by atoms with Gasteiger partial charge >= 0.3 is 0 Å². The lowest BCUT2D eigenvalue weighted by Crippen LogP contribution is -2.62. The summed E-state index contributed by atoms with van der Waals surface area (Å²) in [6.07, 6.45) is 1.23. The summed E-state index contributed by atoms with van der Waals surface area (Å²) in [5.41, 5.74) is 1.43. The fraction of sp³-hybridized carbons (Fsp3) is 0.667. The van der Waals surface area contributed by atoms with Gasteiger partial charge in [-0.3, -0.25) is 4.90 Å². The highest BCUT2D eigenvalue weighted by molar-refractivity contribution is 5.25. The van der Waals surface area contributed by atoms with Crippen LogP contribution in [0.1, 0.15) is 32.8 Å². The van der Waals surface area contributed by atoms with Gasteiger partial charge in [-0.15, -0.1) is 0 Å². The topological polar surface area (TPSA) is 24.5 Å². The van der Waals surface area contributed by atoms with Crippen molar-refractivity contribution < 1.29 is 4.74 Å². The fourth-order valence-corrected chi connectivity index (χ4v) is 3.34. The first-order chi connectivity index (χ1) is 10.1. The van der Waals surface area contributed by atoms with E-state index in [1.165, 1.54) is 12.0 Å². The zero-order valence-corrected chi connectivity index (χ0v) is 13.9. The Labute approximate surface area is 129 Å². The van der Waals surface area contributed by atoms with Gasteiger partial charge in [0.05, 0.1) is 12.1 Å². The Morgan fingerprint density at radius 1 is 1.33 bits per heavy atom. The molecule has 21 heavy (non-hydrogen) atoms. The standard InChI is InChI=1S/C18H30N2O/c1-15(2)12-17-13-20(10-11-21-4)18(3,14-19-17)16-8-6-5-7-9-16/h5-9,15,17,19H,10-14H2,1-4H3. The minimum atomic E-state index is 0.0489. The highest BCUT2D eigenvalue weighted by Crippen LogP contribution is 2.31. The van der Waals surface area contributed by atoms with E-state index >= 15 is 0 Å². The molecule has 1 aromatic carbocycles. The zero-order chi connectivity index (χ0) is 15.3. The van der Waals surface area contributed by atoms with Crippen LogP contribution in [0.25, 0.3) is 0 Å². The van der Waals surface area contributed by atoms with E-state index < -0.39 is 0 Å².